The van der Waals surface area contributed by atoms with E-state index in [-0.39, 0.29) is 5.41 Å². The summed E-state index contributed by atoms with van der Waals surface area (Å²) in [7, 11) is 2.15. The van der Waals surface area contributed by atoms with E-state index in [9.17, 15) is 0 Å². The molecule has 0 bridgehead atoms. The van der Waals surface area contributed by atoms with Crippen molar-refractivity contribution >= 4 is 53.7 Å². The number of thiophene rings is 1. The molecule has 1 nitrogen and oxygen atoms in total. The van der Waals surface area contributed by atoms with E-state index in [1.807, 2.05) is 11.3 Å². The minimum Gasteiger partial charge on any atom is -0.345 e. The van der Waals surface area contributed by atoms with Crippen LogP contribution in [0.1, 0.15) is 25.0 Å². The lowest BCUT2D eigenvalue weighted by Crippen LogP contribution is -2.14. The highest BCUT2D eigenvalue weighted by Crippen LogP contribution is 2.49. The predicted molar refractivity (Wildman–Crippen MR) is 201 cm³/mol. The summed E-state index contributed by atoms with van der Waals surface area (Å²) in [6, 6.07) is 57.0. The van der Waals surface area contributed by atoms with Gasteiger partial charge in [-0.25, -0.2) is 0 Å². The first-order valence-electron chi connectivity index (χ1n) is 15.9. The van der Waals surface area contributed by atoms with Crippen molar-refractivity contribution in [1.82, 2.24) is 0 Å². The lowest BCUT2D eigenvalue weighted by Gasteiger charge is -2.22. The third-order valence-corrected chi connectivity index (χ3v) is 10.7. The lowest BCUT2D eigenvalue weighted by atomic mass is 9.81. The van der Waals surface area contributed by atoms with Crippen LogP contribution in [0, 0.1) is 0 Å². The molecule has 0 amide bonds. The van der Waals surface area contributed by atoms with Gasteiger partial charge in [0.2, 0.25) is 0 Å². The van der Waals surface area contributed by atoms with Crippen LogP contribution in [0.5, 0.6) is 0 Å². The Morgan fingerprint density at radius 2 is 1.02 bits per heavy atom. The molecule has 7 aromatic carbocycles. The van der Waals surface area contributed by atoms with Crippen LogP contribution < -0.4 is 4.90 Å². The Labute approximate surface area is 275 Å². The Hall–Kier alpha value is -5.18. The standard InChI is InChI=1S/C34H27NS.C10H8/c1-34(2)30-10-6-4-8-26(30)27-18-14-23(20-31(27)34)22-12-15-24(16-13-22)35(3)25-17-19-33-29(21-25)28-9-5-7-11-32(28)36-33;1-2-6-10-8-4-3-7-9(10)5-1/h4-21H,1-3H3;1-8H. The Morgan fingerprint density at radius 1 is 0.457 bits per heavy atom. The second kappa shape index (κ2) is 11.3. The SMILES string of the molecule is CN(c1ccc(-c2ccc3c(c2)C(C)(C)c2ccccc2-3)cc1)c1ccc2sc3ccccc3c2c1.c1ccc2ccccc2c1. The molecule has 0 radical (unpaired) electrons. The Balaban J connectivity index is 0.000000265. The van der Waals surface area contributed by atoms with Crippen LogP contribution in [-0.4, -0.2) is 7.05 Å². The van der Waals surface area contributed by atoms with E-state index in [4.69, 9.17) is 0 Å². The van der Waals surface area contributed by atoms with E-state index < -0.39 is 0 Å². The Bertz CT molecular complexity index is 2290. The molecule has 1 aromatic heterocycles. The molecule has 9 rings (SSSR count). The zero-order valence-electron chi connectivity index (χ0n) is 26.4. The van der Waals surface area contributed by atoms with Crippen LogP contribution in [-0.2, 0) is 5.41 Å². The van der Waals surface area contributed by atoms with Crippen molar-refractivity contribution in [2.45, 2.75) is 19.3 Å². The smallest absolute Gasteiger partial charge is 0.0415 e. The van der Waals surface area contributed by atoms with E-state index in [0.717, 1.165) is 0 Å². The summed E-state index contributed by atoms with van der Waals surface area (Å²) in [5.74, 6) is 0. The number of benzene rings is 7. The van der Waals surface area contributed by atoms with E-state index in [1.165, 1.54) is 75.7 Å². The van der Waals surface area contributed by atoms with E-state index in [0.29, 0.717) is 0 Å². The fourth-order valence-corrected chi connectivity index (χ4v) is 8.05. The number of hydrogen-bond donors (Lipinski definition) is 0. The molecule has 1 heterocycles. The van der Waals surface area contributed by atoms with Crippen LogP contribution in [0.2, 0.25) is 0 Å². The van der Waals surface area contributed by atoms with Gasteiger partial charge in [0.1, 0.15) is 0 Å². The summed E-state index contributed by atoms with van der Waals surface area (Å²) < 4.78 is 2.68. The number of rotatable bonds is 3. The first kappa shape index (κ1) is 28.3. The Kier molecular flexibility index (Phi) is 6.96. The van der Waals surface area contributed by atoms with Gasteiger partial charge in [-0.15, -0.1) is 11.3 Å². The van der Waals surface area contributed by atoms with Gasteiger partial charge in [0, 0.05) is 44.0 Å². The molecule has 0 N–H and O–H groups in total. The maximum atomic E-state index is 2.39. The summed E-state index contributed by atoms with van der Waals surface area (Å²) in [5, 5.41) is 5.29. The van der Waals surface area contributed by atoms with Crippen LogP contribution >= 0.6 is 11.3 Å². The number of nitrogens with zero attached hydrogens (tertiary/aromatic N) is 1. The first-order chi connectivity index (χ1) is 22.5. The highest BCUT2D eigenvalue weighted by molar-refractivity contribution is 7.25. The number of hydrogen-bond acceptors (Lipinski definition) is 2. The molecule has 0 fully saturated rings. The first-order valence-corrected chi connectivity index (χ1v) is 16.7. The van der Waals surface area contributed by atoms with Gasteiger partial charge in [-0.3, -0.25) is 0 Å². The third-order valence-electron chi connectivity index (χ3n) is 9.58. The quantitative estimate of drug-likeness (QED) is 0.193. The van der Waals surface area contributed by atoms with Gasteiger partial charge in [-0.2, -0.15) is 0 Å². The van der Waals surface area contributed by atoms with E-state index in [1.54, 1.807) is 0 Å². The minimum absolute atomic E-state index is 0.0204. The molecule has 2 heteroatoms. The zero-order valence-corrected chi connectivity index (χ0v) is 27.2. The zero-order chi connectivity index (χ0) is 31.3. The van der Waals surface area contributed by atoms with E-state index in [2.05, 4.69) is 184 Å². The molecular formula is C44H35NS. The summed E-state index contributed by atoms with van der Waals surface area (Å²) in [5.41, 5.74) is 10.5. The molecule has 0 atom stereocenters. The Morgan fingerprint density at radius 3 is 1.76 bits per heavy atom. The molecule has 0 spiro atoms. The van der Waals surface area contributed by atoms with Crippen molar-refractivity contribution in [3.05, 3.63) is 169 Å². The van der Waals surface area contributed by atoms with Crippen LogP contribution in [0.25, 0.3) is 53.2 Å². The topological polar surface area (TPSA) is 3.24 Å². The van der Waals surface area contributed by atoms with Crippen molar-refractivity contribution in [2.24, 2.45) is 0 Å². The van der Waals surface area contributed by atoms with Crippen molar-refractivity contribution in [3.63, 3.8) is 0 Å². The summed E-state index contributed by atoms with van der Waals surface area (Å²) >= 11 is 1.86. The molecule has 8 aromatic rings. The van der Waals surface area contributed by atoms with Crippen molar-refractivity contribution < 1.29 is 0 Å². The minimum atomic E-state index is 0.0204. The number of fused-ring (bicyclic) bond motifs is 7. The molecule has 1 aliphatic carbocycles. The molecule has 46 heavy (non-hydrogen) atoms. The number of anilines is 2. The maximum absolute atomic E-state index is 2.39. The van der Waals surface area contributed by atoms with Crippen molar-refractivity contribution in [2.75, 3.05) is 11.9 Å². The second-order valence-electron chi connectivity index (χ2n) is 12.7. The third kappa shape index (κ3) is 4.87. The fourth-order valence-electron chi connectivity index (χ4n) is 6.97. The van der Waals surface area contributed by atoms with Gasteiger partial charge in [-0.05, 0) is 86.6 Å². The summed E-state index contributed by atoms with van der Waals surface area (Å²) in [6.07, 6.45) is 0. The second-order valence-corrected chi connectivity index (χ2v) is 13.7. The maximum Gasteiger partial charge on any atom is 0.0415 e. The lowest BCUT2D eigenvalue weighted by molar-refractivity contribution is 0.660. The van der Waals surface area contributed by atoms with Gasteiger partial charge < -0.3 is 4.90 Å². The van der Waals surface area contributed by atoms with E-state index >= 15 is 0 Å². The molecule has 0 unspecified atom stereocenters. The molecule has 222 valence electrons. The largest absolute Gasteiger partial charge is 0.345 e. The van der Waals surface area contributed by atoms with Crippen molar-refractivity contribution in [1.29, 1.82) is 0 Å². The van der Waals surface area contributed by atoms with Crippen LogP contribution in [0.15, 0.2) is 158 Å². The molecule has 0 aliphatic heterocycles. The van der Waals surface area contributed by atoms with Gasteiger partial charge in [-0.1, -0.05) is 129 Å². The van der Waals surface area contributed by atoms with Gasteiger partial charge in [0.05, 0.1) is 0 Å². The van der Waals surface area contributed by atoms with Gasteiger partial charge >= 0.3 is 0 Å². The fraction of sp³-hybridized carbons (Fsp3) is 0.0909. The van der Waals surface area contributed by atoms with Crippen molar-refractivity contribution in [3.8, 4) is 22.3 Å². The van der Waals surface area contributed by atoms with Crippen LogP contribution in [0.3, 0.4) is 0 Å². The summed E-state index contributed by atoms with van der Waals surface area (Å²) in [4.78, 5) is 2.28. The highest BCUT2D eigenvalue weighted by Gasteiger charge is 2.35. The highest BCUT2D eigenvalue weighted by atomic mass is 32.1. The molecule has 0 saturated carbocycles. The van der Waals surface area contributed by atoms with Crippen LogP contribution in [0.4, 0.5) is 11.4 Å². The van der Waals surface area contributed by atoms with Gasteiger partial charge in [0.15, 0.2) is 0 Å². The molecule has 1 aliphatic rings. The predicted octanol–water partition coefficient (Wildman–Crippen LogP) is 12.6. The average molecular weight is 610 g/mol. The normalized spacial score (nSPS) is 12.8. The molecule has 0 saturated heterocycles. The average Bonchev–Trinajstić information content (AvgIpc) is 3.60. The monoisotopic (exact) mass is 609 g/mol. The summed E-state index contributed by atoms with van der Waals surface area (Å²) in [6.45, 7) is 4.68. The molecular weight excluding hydrogens is 575 g/mol. The van der Waals surface area contributed by atoms with Gasteiger partial charge in [0.25, 0.3) is 0 Å².